The van der Waals surface area contributed by atoms with Crippen LogP contribution in [0.3, 0.4) is 0 Å². The quantitative estimate of drug-likeness (QED) is 0.770. The number of fused-ring (bicyclic) bond motifs is 1. The van der Waals surface area contributed by atoms with Gasteiger partial charge in [-0.25, -0.2) is 17.3 Å². The molecule has 0 N–H and O–H groups in total. The van der Waals surface area contributed by atoms with Crippen molar-refractivity contribution < 1.29 is 21.8 Å². The monoisotopic (exact) mass is 319 g/mol. The van der Waals surface area contributed by atoms with Gasteiger partial charge in [-0.3, -0.25) is 0 Å². The van der Waals surface area contributed by atoms with E-state index in [0.717, 1.165) is 22.1 Å². The molecule has 2 aromatic rings. The van der Waals surface area contributed by atoms with E-state index in [2.05, 4.69) is 0 Å². The van der Waals surface area contributed by atoms with Crippen LogP contribution in [0.15, 0.2) is 47.4 Å². The molecule has 0 amide bonds. The van der Waals surface area contributed by atoms with Crippen LogP contribution in [0.5, 0.6) is 0 Å². The second kappa shape index (κ2) is 6.11. The van der Waals surface area contributed by atoms with E-state index < -0.39 is 29.9 Å². The molecule has 0 saturated carbocycles. The van der Waals surface area contributed by atoms with Crippen molar-refractivity contribution in [2.75, 3.05) is 13.6 Å². The first-order valence-corrected chi connectivity index (χ1v) is 7.20. The Morgan fingerprint density at radius 1 is 1.14 bits per heavy atom. The highest BCUT2D eigenvalue weighted by atomic mass is 32.2. The summed E-state index contributed by atoms with van der Waals surface area (Å²) in [5, 5.41) is 1.72. The van der Waals surface area contributed by atoms with Crippen molar-refractivity contribution in [3.63, 3.8) is 0 Å². The van der Waals surface area contributed by atoms with Crippen LogP contribution in [0, 0.1) is 0 Å². The Bertz CT molecular complexity index is 662. The zero-order valence-corrected chi connectivity index (χ0v) is 11.9. The summed E-state index contributed by atoms with van der Waals surface area (Å²) in [6.45, 7) is -1.27. The molecule has 2 rings (SSSR count). The minimum atomic E-state index is -4.19. The number of halogens is 4. The summed E-state index contributed by atoms with van der Waals surface area (Å²) in [7, 11) is -0.801. The van der Waals surface area contributed by atoms with Crippen LogP contribution >= 0.6 is 0 Å². The summed E-state index contributed by atoms with van der Waals surface area (Å²) in [5.74, 6) is -4.19. The highest BCUT2D eigenvalue weighted by Crippen LogP contribution is 2.26. The van der Waals surface area contributed by atoms with Gasteiger partial charge in [-0.1, -0.05) is 30.3 Å². The molecule has 1 atom stereocenters. The molecule has 2 aromatic carbocycles. The first-order valence-electron chi connectivity index (χ1n) is 6.09. The van der Waals surface area contributed by atoms with Gasteiger partial charge in [0.15, 0.2) is 0 Å². The fourth-order valence-electron chi connectivity index (χ4n) is 1.88. The third-order valence-electron chi connectivity index (χ3n) is 2.96. The Kier molecular flexibility index (Phi) is 4.63. The molecule has 0 radical (unpaired) electrons. The van der Waals surface area contributed by atoms with E-state index in [1.54, 1.807) is 24.3 Å². The van der Waals surface area contributed by atoms with Gasteiger partial charge in [-0.2, -0.15) is 8.78 Å². The molecule has 0 saturated heterocycles. The van der Waals surface area contributed by atoms with Gasteiger partial charge in [0.2, 0.25) is 0 Å². The van der Waals surface area contributed by atoms with E-state index in [-0.39, 0.29) is 0 Å². The molecule has 0 aromatic heterocycles. The molecule has 0 bridgehead atoms. The van der Waals surface area contributed by atoms with Crippen molar-refractivity contribution in [2.24, 2.45) is 0 Å². The van der Waals surface area contributed by atoms with E-state index in [4.69, 9.17) is 0 Å². The van der Waals surface area contributed by atoms with Crippen molar-refractivity contribution in [2.45, 2.75) is 17.2 Å². The maximum atomic E-state index is 13.0. The van der Waals surface area contributed by atoms with E-state index in [1.807, 2.05) is 12.1 Å². The molecule has 21 heavy (non-hydrogen) atoms. The summed E-state index contributed by atoms with van der Waals surface area (Å²) in [5.41, 5.74) is 0. The molecule has 0 aliphatic rings. The number of benzene rings is 2. The maximum absolute atomic E-state index is 13.0. The SMILES string of the molecule is CN(CC(F)(F)C(F)F)S(=O)c1ccc2ccccc2c1. The van der Waals surface area contributed by atoms with Gasteiger partial charge in [-0.15, -0.1) is 0 Å². The van der Waals surface area contributed by atoms with Gasteiger partial charge in [-0.05, 0) is 22.9 Å². The Labute approximate surface area is 122 Å². The minimum Gasteiger partial charge on any atom is -0.237 e. The highest BCUT2D eigenvalue weighted by Gasteiger charge is 2.42. The molecule has 1 unspecified atom stereocenters. The zero-order valence-electron chi connectivity index (χ0n) is 11.1. The first-order chi connectivity index (χ1) is 9.81. The maximum Gasteiger partial charge on any atom is 0.320 e. The Morgan fingerprint density at radius 3 is 2.38 bits per heavy atom. The van der Waals surface area contributed by atoms with Gasteiger partial charge in [0.1, 0.15) is 11.0 Å². The summed E-state index contributed by atoms with van der Waals surface area (Å²) in [6.07, 6.45) is -3.78. The fourth-order valence-corrected chi connectivity index (χ4v) is 2.94. The van der Waals surface area contributed by atoms with Crippen molar-refractivity contribution in [1.82, 2.24) is 4.31 Å². The Hall–Kier alpha value is -1.47. The molecule has 0 heterocycles. The summed E-state index contributed by atoms with van der Waals surface area (Å²) in [6, 6.07) is 12.1. The average molecular weight is 319 g/mol. The molecule has 7 heteroatoms. The van der Waals surface area contributed by atoms with E-state index in [9.17, 15) is 21.8 Å². The minimum absolute atomic E-state index is 0.293. The molecule has 0 aliphatic carbocycles. The van der Waals surface area contributed by atoms with E-state index in [0.29, 0.717) is 4.90 Å². The average Bonchev–Trinajstić information content (AvgIpc) is 2.45. The zero-order chi connectivity index (χ0) is 15.6. The summed E-state index contributed by atoms with van der Waals surface area (Å²) >= 11 is 0. The van der Waals surface area contributed by atoms with Gasteiger partial charge in [0.25, 0.3) is 0 Å². The topological polar surface area (TPSA) is 20.3 Å². The van der Waals surface area contributed by atoms with Crippen LogP contribution in [0.2, 0.25) is 0 Å². The number of hydrogen-bond donors (Lipinski definition) is 0. The molecular formula is C14H13F4NOS. The van der Waals surface area contributed by atoms with E-state index in [1.165, 1.54) is 6.07 Å². The third-order valence-corrected chi connectivity index (χ3v) is 4.31. The standard InChI is InChI=1S/C14H13F4NOS/c1-19(9-14(17,18)13(15)16)21(20)12-7-6-10-4-2-3-5-11(10)8-12/h2-8,13H,9H2,1H3. The van der Waals surface area contributed by atoms with Crippen molar-refractivity contribution in [3.8, 4) is 0 Å². The number of nitrogens with zero attached hydrogens (tertiary/aromatic N) is 1. The highest BCUT2D eigenvalue weighted by molar-refractivity contribution is 7.82. The second-order valence-electron chi connectivity index (χ2n) is 4.61. The third kappa shape index (κ3) is 3.59. The molecule has 0 fully saturated rings. The molecule has 114 valence electrons. The second-order valence-corrected chi connectivity index (χ2v) is 6.20. The predicted octanol–water partition coefficient (Wildman–Crippen LogP) is 3.69. The predicted molar refractivity (Wildman–Crippen MR) is 73.9 cm³/mol. The van der Waals surface area contributed by atoms with Gasteiger partial charge in [0, 0.05) is 7.05 Å². The molecule has 0 aliphatic heterocycles. The van der Waals surface area contributed by atoms with Crippen LogP contribution in [0.4, 0.5) is 17.6 Å². The largest absolute Gasteiger partial charge is 0.320 e. The van der Waals surface area contributed by atoms with Crippen LogP contribution in [-0.4, -0.2) is 34.5 Å². The number of rotatable bonds is 5. The normalized spacial score (nSPS) is 14.0. The van der Waals surface area contributed by atoms with Crippen molar-refractivity contribution in [3.05, 3.63) is 42.5 Å². The van der Waals surface area contributed by atoms with Crippen molar-refractivity contribution >= 4 is 21.8 Å². The lowest BCUT2D eigenvalue weighted by atomic mass is 10.1. The summed E-state index contributed by atoms with van der Waals surface area (Å²) < 4.78 is 63.2. The van der Waals surface area contributed by atoms with Gasteiger partial charge >= 0.3 is 12.3 Å². The number of alkyl halides is 4. The fraction of sp³-hybridized carbons (Fsp3) is 0.286. The lowest BCUT2D eigenvalue weighted by Gasteiger charge is -2.22. The van der Waals surface area contributed by atoms with Crippen LogP contribution in [0.1, 0.15) is 0 Å². The molecule has 0 spiro atoms. The first kappa shape index (κ1) is 15.9. The van der Waals surface area contributed by atoms with Gasteiger partial charge in [0.05, 0.1) is 11.4 Å². The Morgan fingerprint density at radius 2 is 1.76 bits per heavy atom. The molecule has 2 nitrogen and oxygen atoms in total. The molecular weight excluding hydrogens is 306 g/mol. The lowest BCUT2D eigenvalue weighted by Crippen LogP contribution is -2.40. The smallest absolute Gasteiger partial charge is 0.237 e. The van der Waals surface area contributed by atoms with Crippen LogP contribution in [0.25, 0.3) is 10.8 Å². The van der Waals surface area contributed by atoms with Crippen molar-refractivity contribution in [1.29, 1.82) is 0 Å². The number of hydrogen-bond acceptors (Lipinski definition) is 1. The van der Waals surface area contributed by atoms with Crippen LogP contribution < -0.4 is 0 Å². The van der Waals surface area contributed by atoms with E-state index >= 15 is 0 Å². The lowest BCUT2D eigenvalue weighted by molar-refractivity contribution is -0.132. The van der Waals surface area contributed by atoms with Crippen LogP contribution in [-0.2, 0) is 11.0 Å². The summed E-state index contributed by atoms with van der Waals surface area (Å²) in [4.78, 5) is 0.293. The van der Waals surface area contributed by atoms with Gasteiger partial charge < -0.3 is 0 Å². The Balaban J connectivity index is 2.21.